The molecule has 1 spiro atoms. The zero-order valence-corrected chi connectivity index (χ0v) is 18.5. The predicted molar refractivity (Wildman–Crippen MR) is 119 cm³/mol. The van der Waals surface area contributed by atoms with Crippen LogP contribution in [0.5, 0.6) is 0 Å². The zero-order valence-electron chi connectivity index (χ0n) is 18.5. The molecule has 180 valence electrons. The van der Waals surface area contributed by atoms with Crippen LogP contribution in [-0.4, -0.2) is 52.7 Å². The third-order valence-electron chi connectivity index (χ3n) is 6.77. The summed E-state index contributed by atoms with van der Waals surface area (Å²) >= 11 is 0. The molecule has 10 heteroatoms. The number of benzene rings is 2. The number of rotatable bonds is 6. The third kappa shape index (κ3) is 4.66. The summed E-state index contributed by atoms with van der Waals surface area (Å²) in [6.07, 6.45) is -3.37. The molecule has 1 atom stereocenters. The van der Waals surface area contributed by atoms with E-state index in [2.05, 4.69) is 20.4 Å². The first-order valence-corrected chi connectivity index (χ1v) is 11.3. The van der Waals surface area contributed by atoms with E-state index in [1.807, 2.05) is 35.2 Å². The first kappa shape index (κ1) is 22.8. The molecule has 7 nitrogen and oxygen atoms in total. The van der Waals surface area contributed by atoms with Crippen molar-refractivity contribution in [3.63, 3.8) is 0 Å². The Morgan fingerprint density at radius 1 is 1.03 bits per heavy atom. The number of alkyl halides is 3. The summed E-state index contributed by atoms with van der Waals surface area (Å²) in [7, 11) is 0. The van der Waals surface area contributed by atoms with Crippen molar-refractivity contribution in [2.75, 3.05) is 31.1 Å². The number of para-hydroxylation sites is 1. The Bertz CT molecular complexity index is 1090. The lowest BCUT2D eigenvalue weighted by atomic mass is 9.73. The van der Waals surface area contributed by atoms with Crippen LogP contribution in [0.3, 0.4) is 0 Å². The van der Waals surface area contributed by atoms with Gasteiger partial charge in [0, 0.05) is 44.0 Å². The molecule has 34 heavy (non-hydrogen) atoms. The number of nitrogens with zero attached hydrogens (tertiary/aromatic N) is 4. The van der Waals surface area contributed by atoms with Crippen LogP contribution in [0.25, 0.3) is 11.5 Å². The number of hydrogen-bond acceptors (Lipinski definition) is 7. The van der Waals surface area contributed by atoms with Gasteiger partial charge in [-0.3, -0.25) is 4.90 Å². The fourth-order valence-corrected chi connectivity index (χ4v) is 4.59. The number of halogens is 3. The van der Waals surface area contributed by atoms with Gasteiger partial charge < -0.3 is 19.7 Å². The van der Waals surface area contributed by atoms with Gasteiger partial charge in [-0.1, -0.05) is 30.3 Å². The van der Waals surface area contributed by atoms with Crippen LogP contribution in [0.2, 0.25) is 0 Å². The van der Waals surface area contributed by atoms with E-state index >= 15 is 0 Å². The van der Waals surface area contributed by atoms with Gasteiger partial charge in [-0.05, 0) is 48.1 Å². The van der Waals surface area contributed by atoms with Crippen molar-refractivity contribution >= 4 is 5.69 Å². The Balaban J connectivity index is 1.32. The molecule has 0 amide bonds. The molecule has 3 heterocycles. The number of hydrogen-bond donors (Lipinski definition) is 2. The molecule has 2 aliphatic rings. The molecule has 2 aliphatic heterocycles. The molecule has 2 N–H and O–H groups in total. The Morgan fingerprint density at radius 3 is 2.26 bits per heavy atom. The van der Waals surface area contributed by atoms with Gasteiger partial charge in [0.1, 0.15) is 0 Å². The molecule has 2 fully saturated rings. The smallest absolute Gasteiger partial charge is 0.413 e. The van der Waals surface area contributed by atoms with E-state index in [1.54, 1.807) is 24.3 Å². The highest BCUT2D eigenvalue weighted by atomic mass is 19.4. The van der Waals surface area contributed by atoms with Gasteiger partial charge in [-0.25, -0.2) is 0 Å². The van der Waals surface area contributed by atoms with E-state index in [0.717, 1.165) is 50.3 Å². The van der Waals surface area contributed by atoms with E-state index in [9.17, 15) is 18.3 Å². The SMILES string of the molecule is OC(N1CCC2(CC1)CNC2)N(Cc1ccc(-c2nnc(C(F)(F)F)o2)cc1)c1ccccc1. The number of aliphatic hydroxyl groups excluding tert-OH is 1. The summed E-state index contributed by atoms with van der Waals surface area (Å²) in [5.41, 5.74) is 2.55. The van der Waals surface area contributed by atoms with Gasteiger partial charge in [0.2, 0.25) is 5.89 Å². The van der Waals surface area contributed by atoms with Crippen LogP contribution in [-0.2, 0) is 12.7 Å². The molecule has 0 aliphatic carbocycles. The minimum absolute atomic E-state index is 0.188. The number of likely N-dealkylation sites (tertiary alicyclic amines) is 1. The van der Waals surface area contributed by atoms with Crippen molar-refractivity contribution in [3.05, 3.63) is 66.1 Å². The number of anilines is 1. The summed E-state index contributed by atoms with van der Waals surface area (Å²) in [6.45, 7) is 4.17. The van der Waals surface area contributed by atoms with Crippen molar-refractivity contribution in [2.45, 2.75) is 31.9 Å². The second kappa shape index (κ2) is 9.01. The first-order valence-electron chi connectivity index (χ1n) is 11.3. The van der Waals surface area contributed by atoms with Gasteiger partial charge in [0.25, 0.3) is 0 Å². The lowest BCUT2D eigenvalue weighted by Crippen LogP contribution is -2.61. The van der Waals surface area contributed by atoms with Crippen molar-refractivity contribution in [2.24, 2.45) is 5.41 Å². The third-order valence-corrected chi connectivity index (χ3v) is 6.77. The summed E-state index contributed by atoms with van der Waals surface area (Å²) < 4.78 is 43.0. The van der Waals surface area contributed by atoms with Crippen LogP contribution in [0.1, 0.15) is 24.3 Å². The molecule has 1 unspecified atom stereocenters. The zero-order chi connectivity index (χ0) is 23.8. The van der Waals surface area contributed by atoms with Gasteiger partial charge in [-0.15, -0.1) is 10.2 Å². The topological polar surface area (TPSA) is 77.7 Å². The average Bonchev–Trinajstić information content (AvgIpc) is 3.33. The van der Waals surface area contributed by atoms with Crippen molar-refractivity contribution in [3.8, 4) is 11.5 Å². The second-order valence-electron chi connectivity index (χ2n) is 9.06. The lowest BCUT2D eigenvalue weighted by Gasteiger charge is -2.50. The maximum Gasteiger partial charge on any atom is 0.470 e. The van der Waals surface area contributed by atoms with E-state index < -0.39 is 18.4 Å². The van der Waals surface area contributed by atoms with E-state index in [-0.39, 0.29) is 5.89 Å². The van der Waals surface area contributed by atoms with Crippen LogP contribution in [0, 0.1) is 5.41 Å². The van der Waals surface area contributed by atoms with Crippen molar-refractivity contribution < 1.29 is 22.7 Å². The molecule has 3 aromatic rings. The first-order chi connectivity index (χ1) is 16.3. The monoisotopic (exact) mass is 473 g/mol. The van der Waals surface area contributed by atoms with Gasteiger partial charge in [-0.2, -0.15) is 13.2 Å². The fraction of sp³-hybridized carbons (Fsp3) is 0.417. The van der Waals surface area contributed by atoms with Crippen LogP contribution >= 0.6 is 0 Å². The van der Waals surface area contributed by atoms with E-state index in [4.69, 9.17) is 4.42 Å². The minimum atomic E-state index is -4.68. The minimum Gasteiger partial charge on any atom is -0.413 e. The summed E-state index contributed by atoms with van der Waals surface area (Å²) in [6, 6.07) is 16.6. The molecule has 2 saturated heterocycles. The van der Waals surface area contributed by atoms with Gasteiger partial charge in [0.05, 0.1) is 0 Å². The second-order valence-corrected chi connectivity index (χ2v) is 9.06. The Hall–Kier alpha value is -2.95. The quantitative estimate of drug-likeness (QED) is 0.529. The molecule has 5 rings (SSSR count). The molecular weight excluding hydrogens is 447 g/mol. The number of aromatic nitrogens is 2. The Morgan fingerprint density at radius 2 is 1.71 bits per heavy atom. The lowest BCUT2D eigenvalue weighted by molar-refractivity contribution is -0.156. The Kier molecular flexibility index (Phi) is 6.05. The van der Waals surface area contributed by atoms with Crippen molar-refractivity contribution in [1.82, 2.24) is 20.4 Å². The molecule has 1 aromatic heterocycles. The molecule has 2 aromatic carbocycles. The van der Waals surface area contributed by atoms with Gasteiger partial charge in [0.15, 0.2) is 6.35 Å². The number of aliphatic hydroxyl groups is 1. The highest BCUT2D eigenvalue weighted by Gasteiger charge is 2.41. The summed E-state index contributed by atoms with van der Waals surface area (Å²) in [4.78, 5) is 4.03. The summed E-state index contributed by atoms with van der Waals surface area (Å²) in [5.74, 6) is -1.56. The van der Waals surface area contributed by atoms with Gasteiger partial charge >= 0.3 is 12.1 Å². The molecule has 0 saturated carbocycles. The molecular formula is C24H26F3N5O2. The van der Waals surface area contributed by atoms with Crippen molar-refractivity contribution in [1.29, 1.82) is 0 Å². The number of nitrogens with one attached hydrogen (secondary N) is 1. The highest BCUT2D eigenvalue weighted by molar-refractivity contribution is 5.54. The average molecular weight is 473 g/mol. The van der Waals surface area contributed by atoms with Crippen LogP contribution < -0.4 is 10.2 Å². The number of piperidine rings is 1. The van der Waals surface area contributed by atoms with E-state index in [1.165, 1.54) is 0 Å². The molecule has 0 bridgehead atoms. The maximum atomic E-state index is 12.7. The predicted octanol–water partition coefficient (Wildman–Crippen LogP) is 3.72. The standard InChI is InChI=1S/C24H26F3N5O2/c25-24(26,27)21-30-29-20(34-21)18-8-6-17(7-9-18)14-32(19-4-2-1-3-5-19)22(33)31-12-10-23(11-13-31)15-28-16-23/h1-9,22,28,33H,10-16H2. The van der Waals surface area contributed by atoms with E-state index in [0.29, 0.717) is 17.5 Å². The Labute approximate surface area is 195 Å². The summed E-state index contributed by atoms with van der Waals surface area (Å²) in [5, 5.41) is 21.3. The fourth-order valence-electron chi connectivity index (χ4n) is 4.59. The van der Waals surface area contributed by atoms with Crippen LogP contribution in [0.15, 0.2) is 59.0 Å². The normalized spacial score (nSPS) is 19.1. The van der Waals surface area contributed by atoms with Crippen LogP contribution in [0.4, 0.5) is 18.9 Å². The maximum absolute atomic E-state index is 12.7. The molecule has 0 radical (unpaired) electrons. The highest BCUT2D eigenvalue weighted by Crippen LogP contribution is 2.36. The largest absolute Gasteiger partial charge is 0.470 e.